The highest BCUT2D eigenvalue weighted by atomic mass is 35.5. The molecule has 1 aliphatic heterocycles. The molecule has 3 fully saturated rings. The Morgan fingerprint density at radius 3 is 2.54 bits per heavy atom. The number of nitrogens with two attached hydrogens (primary N) is 1. The number of benzene rings is 1. The summed E-state index contributed by atoms with van der Waals surface area (Å²) in [5, 5.41) is 0.667. The Morgan fingerprint density at radius 2 is 1.86 bits per heavy atom. The zero-order chi connectivity index (χ0) is 17.8. The summed E-state index contributed by atoms with van der Waals surface area (Å²) in [5.41, 5.74) is 7.94. The molecule has 3 aliphatic rings. The van der Waals surface area contributed by atoms with Gasteiger partial charge < -0.3 is 15.1 Å². The smallest absolute Gasteiger partial charge is 0.227 e. The number of carbonyl (C=O) groups is 1. The second-order valence-corrected chi connectivity index (χ2v) is 8.64. The third-order valence-electron chi connectivity index (χ3n) is 6.79. The molecule has 5 rings (SSSR count). The third kappa shape index (κ3) is 3.62. The van der Waals surface area contributed by atoms with Crippen molar-refractivity contribution >= 4 is 53.4 Å². The number of oxazole rings is 1. The number of aromatic nitrogens is 1. The van der Waals surface area contributed by atoms with Gasteiger partial charge in [-0.05, 0) is 62.1 Å². The van der Waals surface area contributed by atoms with Gasteiger partial charge in [0.15, 0.2) is 11.5 Å². The van der Waals surface area contributed by atoms with Crippen LogP contribution in [0.1, 0.15) is 43.9 Å². The average Bonchev–Trinajstić information content (AvgIpc) is 3.35. The van der Waals surface area contributed by atoms with E-state index in [4.69, 9.17) is 21.8 Å². The lowest BCUT2D eigenvalue weighted by Crippen LogP contribution is -2.49. The molecular weight excluding hydrogens is 421 g/mol. The van der Waals surface area contributed by atoms with E-state index in [9.17, 15) is 4.79 Å². The van der Waals surface area contributed by atoms with E-state index >= 15 is 0 Å². The summed E-state index contributed by atoms with van der Waals surface area (Å²) in [6, 6.07) is 5.59. The number of hydrogen-bond acceptors (Lipinski definition) is 4. The van der Waals surface area contributed by atoms with Gasteiger partial charge in [-0.3, -0.25) is 4.79 Å². The molecule has 2 saturated carbocycles. The van der Waals surface area contributed by atoms with Crippen molar-refractivity contribution < 1.29 is 9.21 Å². The number of rotatable bonds is 2. The first-order valence-electron chi connectivity index (χ1n) is 9.70. The lowest BCUT2D eigenvalue weighted by molar-refractivity contribution is -0.138. The number of halogens is 3. The Morgan fingerprint density at radius 1 is 1.14 bits per heavy atom. The molecule has 8 heteroatoms. The van der Waals surface area contributed by atoms with Gasteiger partial charge in [-0.1, -0.05) is 11.6 Å². The zero-order valence-corrected chi connectivity index (χ0v) is 17.9. The summed E-state index contributed by atoms with van der Waals surface area (Å²) in [4.78, 5) is 19.7. The fourth-order valence-electron chi connectivity index (χ4n) is 5.35. The molecule has 4 atom stereocenters. The molecule has 2 bridgehead atoms. The molecule has 2 aliphatic carbocycles. The molecule has 1 aromatic heterocycles. The maximum absolute atomic E-state index is 13.0. The van der Waals surface area contributed by atoms with Crippen LogP contribution in [-0.4, -0.2) is 34.9 Å². The van der Waals surface area contributed by atoms with E-state index in [0.29, 0.717) is 16.9 Å². The van der Waals surface area contributed by atoms with E-state index in [0.717, 1.165) is 49.3 Å². The van der Waals surface area contributed by atoms with E-state index < -0.39 is 0 Å². The Bertz CT molecular complexity index is 848. The van der Waals surface area contributed by atoms with Crippen LogP contribution in [0.25, 0.3) is 11.1 Å². The summed E-state index contributed by atoms with van der Waals surface area (Å²) in [6.07, 6.45) is 5.32. The van der Waals surface area contributed by atoms with Gasteiger partial charge in [0.2, 0.25) is 5.91 Å². The van der Waals surface area contributed by atoms with Gasteiger partial charge in [0, 0.05) is 30.1 Å². The second kappa shape index (κ2) is 8.39. The van der Waals surface area contributed by atoms with Gasteiger partial charge in [-0.25, -0.2) is 4.98 Å². The van der Waals surface area contributed by atoms with Crippen molar-refractivity contribution in [2.24, 2.45) is 23.5 Å². The first kappa shape index (κ1) is 21.7. The average molecular weight is 447 g/mol. The highest BCUT2D eigenvalue weighted by Crippen LogP contribution is 2.48. The monoisotopic (exact) mass is 445 g/mol. The number of amides is 1. The largest absolute Gasteiger partial charge is 0.440 e. The number of hydrogen-bond donors (Lipinski definition) is 1. The lowest BCUT2D eigenvalue weighted by Gasteiger charge is -2.36. The van der Waals surface area contributed by atoms with Crippen molar-refractivity contribution in [2.45, 2.75) is 44.1 Å². The van der Waals surface area contributed by atoms with Crippen molar-refractivity contribution in [3.63, 3.8) is 0 Å². The maximum Gasteiger partial charge on any atom is 0.227 e. The molecule has 0 spiro atoms. The first-order valence-corrected chi connectivity index (χ1v) is 10.1. The summed E-state index contributed by atoms with van der Waals surface area (Å²) >= 11 is 6.03. The minimum absolute atomic E-state index is 0. The minimum atomic E-state index is 0. The number of fused-ring (bicyclic) bond motifs is 3. The summed E-state index contributed by atoms with van der Waals surface area (Å²) < 4.78 is 5.92. The number of piperidine rings is 1. The van der Waals surface area contributed by atoms with E-state index in [2.05, 4.69) is 4.98 Å². The Balaban J connectivity index is 0.00000112. The van der Waals surface area contributed by atoms with Crippen molar-refractivity contribution in [3.05, 3.63) is 29.1 Å². The van der Waals surface area contributed by atoms with Crippen molar-refractivity contribution in [3.8, 4) is 0 Å². The van der Waals surface area contributed by atoms with Crippen LogP contribution in [0, 0.1) is 17.8 Å². The van der Waals surface area contributed by atoms with Crippen molar-refractivity contribution in [1.82, 2.24) is 9.88 Å². The standard InChI is InChI=1S/C20H24ClN3O2.2ClH/c21-14-3-4-16-15(10-14)23-19(26-16)11-5-7-24(8-6-11)20(25)17-12-1-2-13(9-12)18(17)22;;/h3-4,10-13,17-18H,1-2,5-9,22H2;2*1H. The van der Waals surface area contributed by atoms with Crippen molar-refractivity contribution in [1.29, 1.82) is 0 Å². The molecular formula is C20H26Cl3N3O2. The van der Waals surface area contributed by atoms with E-state index in [1.165, 1.54) is 12.8 Å². The van der Waals surface area contributed by atoms with Crippen LogP contribution in [0.15, 0.2) is 22.6 Å². The molecule has 154 valence electrons. The zero-order valence-electron chi connectivity index (χ0n) is 15.6. The van der Waals surface area contributed by atoms with Crippen LogP contribution < -0.4 is 5.73 Å². The lowest BCUT2D eigenvalue weighted by atomic mass is 9.83. The van der Waals surface area contributed by atoms with Crippen LogP contribution in [-0.2, 0) is 4.79 Å². The summed E-state index contributed by atoms with van der Waals surface area (Å²) in [5.74, 6) is 2.45. The Hall–Kier alpha value is -1.01. The van der Waals surface area contributed by atoms with Crippen LogP contribution >= 0.6 is 36.4 Å². The number of likely N-dealkylation sites (tertiary alicyclic amines) is 1. The number of nitrogens with zero attached hydrogens (tertiary/aromatic N) is 2. The van der Waals surface area contributed by atoms with Gasteiger partial charge in [0.1, 0.15) is 5.52 Å². The van der Waals surface area contributed by atoms with Crippen LogP contribution in [0.3, 0.4) is 0 Å². The van der Waals surface area contributed by atoms with Gasteiger partial charge in [0.25, 0.3) is 0 Å². The Labute approximate surface area is 182 Å². The predicted octanol–water partition coefficient (Wildman–Crippen LogP) is 4.40. The topological polar surface area (TPSA) is 72.4 Å². The molecule has 28 heavy (non-hydrogen) atoms. The van der Waals surface area contributed by atoms with Gasteiger partial charge in [-0.2, -0.15) is 0 Å². The maximum atomic E-state index is 13.0. The molecule has 4 unspecified atom stereocenters. The molecule has 1 saturated heterocycles. The fourth-order valence-corrected chi connectivity index (χ4v) is 5.52. The Kier molecular flexibility index (Phi) is 6.50. The number of carbonyl (C=O) groups excluding carboxylic acids is 1. The molecule has 2 aromatic rings. The predicted molar refractivity (Wildman–Crippen MR) is 114 cm³/mol. The molecule has 1 aromatic carbocycles. The molecule has 2 heterocycles. The second-order valence-electron chi connectivity index (χ2n) is 8.20. The minimum Gasteiger partial charge on any atom is -0.440 e. The van der Waals surface area contributed by atoms with Gasteiger partial charge in [-0.15, -0.1) is 24.8 Å². The fraction of sp³-hybridized carbons (Fsp3) is 0.600. The molecule has 0 radical (unpaired) electrons. The van der Waals surface area contributed by atoms with Crippen LogP contribution in [0.4, 0.5) is 0 Å². The van der Waals surface area contributed by atoms with Crippen LogP contribution in [0.5, 0.6) is 0 Å². The molecule has 2 N–H and O–H groups in total. The summed E-state index contributed by atoms with van der Waals surface area (Å²) in [7, 11) is 0. The van der Waals surface area contributed by atoms with Crippen molar-refractivity contribution in [2.75, 3.05) is 13.1 Å². The first-order chi connectivity index (χ1) is 12.6. The third-order valence-corrected chi connectivity index (χ3v) is 7.02. The van der Waals surface area contributed by atoms with Gasteiger partial charge in [0.05, 0.1) is 5.92 Å². The van der Waals surface area contributed by atoms with Gasteiger partial charge >= 0.3 is 0 Å². The summed E-state index contributed by atoms with van der Waals surface area (Å²) in [6.45, 7) is 1.53. The van der Waals surface area contributed by atoms with E-state index in [1.54, 1.807) is 0 Å². The van der Waals surface area contributed by atoms with E-state index in [-0.39, 0.29) is 48.6 Å². The molecule has 1 amide bonds. The van der Waals surface area contributed by atoms with Crippen LogP contribution in [0.2, 0.25) is 5.02 Å². The SMILES string of the molecule is Cl.Cl.NC1C2CCC(C2)C1C(=O)N1CCC(c2nc3cc(Cl)ccc3o2)CC1. The normalized spacial score (nSPS) is 29.6. The highest BCUT2D eigenvalue weighted by molar-refractivity contribution is 6.31. The molecule has 5 nitrogen and oxygen atoms in total. The van der Waals surface area contributed by atoms with E-state index in [1.807, 2.05) is 23.1 Å². The quantitative estimate of drug-likeness (QED) is 0.742. The highest BCUT2D eigenvalue weighted by Gasteiger charge is 2.50.